The summed E-state index contributed by atoms with van der Waals surface area (Å²) in [6.45, 7) is 0. The van der Waals surface area contributed by atoms with E-state index in [4.69, 9.17) is 0 Å². The van der Waals surface area contributed by atoms with Crippen LogP contribution < -0.4 is 5.32 Å². The fourth-order valence-electron chi connectivity index (χ4n) is 2.08. The Bertz CT molecular complexity index is 311. The van der Waals surface area contributed by atoms with Crippen LogP contribution in [0, 0.1) is 0 Å². The van der Waals surface area contributed by atoms with Crippen molar-refractivity contribution in [3.05, 3.63) is 35.4 Å². The molecule has 1 N–H and O–H groups in total. The summed E-state index contributed by atoms with van der Waals surface area (Å²) in [6, 6.07) is 7.65. The molecule has 1 nitrogen and oxygen atoms in total. The molecule has 76 valence electrons. The van der Waals surface area contributed by atoms with E-state index >= 15 is 0 Å². The van der Waals surface area contributed by atoms with Gasteiger partial charge in [0.05, 0.1) is 5.54 Å². The molecule has 2 rings (SSSR count). The standard InChI is InChI=1S/C11H13F2N/c1-14-11(10(12)13)6-8-4-2-3-5-9(8)7-11/h2-5,10,14H,6-7H2,1H3. The van der Waals surface area contributed by atoms with Crippen molar-refractivity contribution < 1.29 is 8.78 Å². The minimum atomic E-state index is -2.32. The second kappa shape index (κ2) is 3.31. The Balaban J connectivity index is 2.32. The molecule has 0 aliphatic heterocycles. The summed E-state index contributed by atoms with van der Waals surface area (Å²) in [5.74, 6) is 0. The summed E-state index contributed by atoms with van der Waals surface area (Å²) in [5, 5.41) is 2.77. The maximum absolute atomic E-state index is 12.9. The van der Waals surface area contributed by atoms with Crippen LogP contribution in [0.15, 0.2) is 24.3 Å². The molecule has 0 saturated heterocycles. The zero-order valence-corrected chi connectivity index (χ0v) is 8.06. The van der Waals surface area contributed by atoms with E-state index in [1.165, 1.54) is 0 Å². The van der Waals surface area contributed by atoms with Crippen LogP contribution in [0.2, 0.25) is 0 Å². The molecule has 0 radical (unpaired) electrons. The Morgan fingerprint density at radius 2 is 1.71 bits per heavy atom. The second-order valence-electron chi connectivity index (χ2n) is 3.83. The zero-order chi connectivity index (χ0) is 10.2. The molecule has 0 spiro atoms. The first kappa shape index (κ1) is 9.59. The summed E-state index contributed by atoms with van der Waals surface area (Å²) < 4.78 is 25.8. The third kappa shape index (κ3) is 1.32. The van der Waals surface area contributed by atoms with E-state index in [1.807, 2.05) is 24.3 Å². The van der Waals surface area contributed by atoms with Crippen LogP contribution >= 0.6 is 0 Å². The van der Waals surface area contributed by atoms with Crippen LogP contribution in [-0.2, 0) is 12.8 Å². The highest BCUT2D eigenvalue weighted by Gasteiger charge is 2.43. The maximum Gasteiger partial charge on any atom is 0.257 e. The largest absolute Gasteiger partial charge is 0.309 e. The average molecular weight is 197 g/mol. The van der Waals surface area contributed by atoms with Gasteiger partial charge >= 0.3 is 0 Å². The van der Waals surface area contributed by atoms with Crippen molar-refractivity contribution in [2.45, 2.75) is 24.8 Å². The number of likely N-dealkylation sites (N-methyl/N-ethyl adjacent to an activating group) is 1. The Kier molecular flexibility index (Phi) is 2.27. The van der Waals surface area contributed by atoms with Gasteiger partial charge in [0.2, 0.25) is 0 Å². The van der Waals surface area contributed by atoms with Crippen LogP contribution in [0.3, 0.4) is 0 Å². The topological polar surface area (TPSA) is 12.0 Å². The molecule has 14 heavy (non-hydrogen) atoms. The number of halogens is 2. The van der Waals surface area contributed by atoms with Crippen molar-refractivity contribution in [3.63, 3.8) is 0 Å². The van der Waals surface area contributed by atoms with Gasteiger partial charge in [0.15, 0.2) is 0 Å². The number of alkyl halides is 2. The normalized spacial score (nSPS) is 18.6. The summed E-state index contributed by atoms with van der Waals surface area (Å²) in [4.78, 5) is 0. The van der Waals surface area contributed by atoms with Crippen LogP contribution in [0.5, 0.6) is 0 Å². The van der Waals surface area contributed by atoms with Gasteiger partial charge < -0.3 is 5.32 Å². The molecule has 1 aromatic rings. The highest BCUT2D eigenvalue weighted by Crippen LogP contribution is 2.33. The quantitative estimate of drug-likeness (QED) is 0.764. The van der Waals surface area contributed by atoms with Crippen molar-refractivity contribution >= 4 is 0 Å². The summed E-state index contributed by atoms with van der Waals surface area (Å²) in [6.07, 6.45) is -1.46. The predicted octanol–water partition coefficient (Wildman–Crippen LogP) is 2.01. The molecule has 0 bridgehead atoms. The number of hydrogen-bond acceptors (Lipinski definition) is 1. The van der Waals surface area contributed by atoms with E-state index in [1.54, 1.807) is 7.05 Å². The van der Waals surface area contributed by atoms with Gasteiger partial charge in [0, 0.05) is 0 Å². The molecule has 0 atom stereocenters. The molecule has 0 aromatic heterocycles. The van der Waals surface area contributed by atoms with Gasteiger partial charge in [-0.15, -0.1) is 0 Å². The van der Waals surface area contributed by atoms with E-state index < -0.39 is 12.0 Å². The van der Waals surface area contributed by atoms with Gasteiger partial charge in [-0.05, 0) is 31.0 Å². The lowest BCUT2D eigenvalue weighted by atomic mass is 9.97. The van der Waals surface area contributed by atoms with Gasteiger partial charge in [-0.3, -0.25) is 0 Å². The fraction of sp³-hybridized carbons (Fsp3) is 0.455. The number of benzene rings is 1. The highest BCUT2D eigenvalue weighted by atomic mass is 19.3. The molecule has 0 saturated carbocycles. The molecule has 0 unspecified atom stereocenters. The smallest absolute Gasteiger partial charge is 0.257 e. The van der Waals surface area contributed by atoms with Crippen LogP contribution in [0.1, 0.15) is 11.1 Å². The predicted molar refractivity (Wildman–Crippen MR) is 51.6 cm³/mol. The average Bonchev–Trinajstić information content (AvgIpc) is 2.57. The first-order valence-corrected chi connectivity index (χ1v) is 4.72. The lowest BCUT2D eigenvalue weighted by molar-refractivity contribution is 0.0401. The molecule has 0 fully saturated rings. The minimum absolute atomic E-state index is 0.428. The van der Waals surface area contributed by atoms with Gasteiger partial charge in [-0.2, -0.15) is 0 Å². The van der Waals surface area contributed by atoms with Crippen molar-refractivity contribution in [1.82, 2.24) is 5.32 Å². The summed E-state index contributed by atoms with van der Waals surface area (Å²) >= 11 is 0. The molecule has 1 aliphatic rings. The number of hydrogen-bond donors (Lipinski definition) is 1. The van der Waals surface area contributed by atoms with Crippen molar-refractivity contribution in [2.24, 2.45) is 0 Å². The zero-order valence-electron chi connectivity index (χ0n) is 8.06. The maximum atomic E-state index is 12.9. The molecular weight excluding hydrogens is 184 g/mol. The Morgan fingerprint density at radius 3 is 2.07 bits per heavy atom. The molecule has 0 heterocycles. The Labute approximate surface area is 82.1 Å². The van der Waals surface area contributed by atoms with E-state index in [2.05, 4.69) is 5.32 Å². The van der Waals surface area contributed by atoms with Crippen molar-refractivity contribution in [2.75, 3.05) is 7.05 Å². The van der Waals surface area contributed by atoms with Crippen LogP contribution in [-0.4, -0.2) is 19.0 Å². The first-order chi connectivity index (χ1) is 6.68. The Hall–Kier alpha value is -0.960. The first-order valence-electron chi connectivity index (χ1n) is 4.72. The van der Waals surface area contributed by atoms with Crippen molar-refractivity contribution in [3.8, 4) is 0 Å². The summed E-state index contributed by atoms with van der Waals surface area (Å²) in [5.41, 5.74) is 1.05. The SMILES string of the molecule is CNC1(C(F)F)Cc2ccccc2C1. The monoisotopic (exact) mass is 197 g/mol. The van der Waals surface area contributed by atoms with E-state index in [9.17, 15) is 8.78 Å². The van der Waals surface area contributed by atoms with Gasteiger partial charge in [-0.25, -0.2) is 8.78 Å². The molecule has 1 aromatic carbocycles. The van der Waals surface area contributed by atoms with Crippen LogP contribution in [0.25, 0.3) is 0 Å². The molecule has 3 heteroatoms. The van der Waals surface area contributed by atoms with E-state index in [-0.39, 0.29) is 0 Å². The van der Waals surface area contributed by atoms with Crippen LogP contribution in [0.4, 0.5) is 8.78 Å². The summed E-state index contributed by atoms with van der Waals surface area (Å²) in [7, 11) is 1.61. The molecule has 1 aliphatic carbocycles. The second-order valence-corrected chi connectivity index (χ2v) is 3.83. The number of rotatable bonds is 2. The minimum Gasteiger partial charge on any atom is -0.309 e. The highest BCUT2D eigenvalue weighted by molar-refractivity contribution is 5.36. The number of nitrogens with one attached hydrogen (secondary N) is 1. The Morgan fingerprint density at radius 1 is 1.21 bits per heavy atom. The third-order valence-corrected chi connectivity index (χ3v) is 3.05. The fourth-order valence-corrected chi connectivity index (χ4v) is 2.08. The lowest BCUT2D eigenvalue weighted by Gasteiger charge is -2.27. The van der Waals surface area contributed by atoms with Gasteiger partial charge in [0.25, 0.3) is 6.43 Å². The van der Waals surface area contributed by atoms with Crippen molar-refractivity contribution in [1.29, 1.82) is 0 Å². The third-order valence-electron chi connectivity index (χ3n) is 3.05. The van der Waals surface area contributed by atoms with E-state index in [0.717, 1.165) is 11.1 Å². The van der Waals surface area contributed by atoms with Gasteiger partial charge in [0.1, 0.15) is 0 Å². The molecular formula is C11H13F2N. The molecule has 0 amide bonds. The number of fused-ring (bicyclic) bond motifs is 1. The van der Waals surface area contributed by atoms with Gasteiger partial charge in [-0.1, -0.05) is 24.3 Å². The van der Waals surface area contributed by atoms with E-state index in [0.29, 0.717) is 12.8 Å². The lowest BCUT2D eigenvalue weighted by Crippen LogP contribution is -2.50.